The van der Waals surface area contributed by atoms with Crippen molar-refractivity contribution in [1.29, 1.82) is 0 Å². The van der Waals surface area contributed by atoms with E-state index in [1.54, 1.807) is 33.5 Å². The number of hydrogen-bond acceptors (Lipinski definition) is 4. The van der Waals surface area contributed by atoms with E-state index in [9.17, 15) is 4.79 Å². The first kappa shape index (κ1) is 21.2. The summed E-state index contributed by atoms with van der Waals surface area (Å²) >= 11 is 12.1. The number of hydrogen-bond donors (Lipinski definition) is 1. The van der Waals surface area contributed by atoms with Crippen LogP contribution in [0.5, 0.6) is 17.2 Å². The monoisotopic (exact) mass is 411 g/mol. The summed E-state index contributed by atoms with van der Waals surface area (Å²) in [7, 11) is 4.67. The molecule has 0 bridgehead atoms. The Balaban J connectivity index is 2.02. The van der Waals surface area contributed by atoms with Crippen molar-refractivity contribution in [2.45, 2.75) is 25.8 Å². The highest BCUT2D eigenvalue weighted by atomic mass is 35.5. The normalized spacial score (nSPS) is 11.6. The van der Waals surface area contributed by atoms with Crippen molar-refractivity contribution in [3.8, 4) is 17.2 Å². The number of ether oxygens (including phenoxy) is 3. The molecule has 0 heterocycles. The fraction of sp³-hybridized carbons (Fsp3) is 0.350. The Bertz CT molecular complexity index is 786. The van der Waals surface area contributed by atoms with Gasteiger partial charge in [-0.1, -0.05) is 29.3 Å². The zero-order valence-electron chi connectivity index (χ0n) is 15.8. The minimum atomic E-state index is -0.220. The third-order valence-electron chi connectivity index (χ3n) is 4.17. The summed E-state index contributed by atoms with van der Waals surface area (Å²) in [4.78, 5) is 12.3. The molecule has 1 amide bonds. The summed E-state index contributed by atoms with van der Waals surface area (Å²) in [6.07, 6.45) is 0.845. The fourth-order valence-corrected chi connectivity index (χ4v) is 3.35. The van der Waals surface area contributed by atoms with Crippen LogP contribution in [0.3, 0.4) is 0 Å². The van der Waals surface area contributed by atoms with Crippen molar-refractivity contribution >= 4 is 29.1 Å². The summed E-state index contributed by atoms with van der Waals surface area (Å²) in [5, 5.41) is 4.04. The number of halogens is 2. The summed E-state index contributed by atoms with van der Waals surface area (Å²) in [5.41, 5.74) is 1.74. The van der Waals surface area contributed by atoms with Gasteiger partial charge in [0.2, 0.25) is 11.7 Å². The second-order valence-corrected chi connectivity index (χ2v) is 6.83. The number of methoxy groups -OCH3 is 3. The Labute approximate surface area is 169 Å². The van der Waals surface area contributed by atoms with Crippen LogP contribution in [-0.2, 0) is 11.2 Å². The van der Waals surface area contributed by atoms with E-state index in [0.717, 1.165) is 11.1 Å². The number of benzene rings is 2. The van der Waals surface area contributed by atoms with Crippen molar-refractivity contribution in [1.82, 2.24) is 5.32 Å². The molecule has 0 radical (unpaired) electrons. The van der Waals surface area contributed by atoms with Crippen LogP contribution in [0.4, 0.5) is 0 Å². The average molecular weight is 412 g/mol. The molecule has 27 heavy (non-hydrogen) atoms. The molecule has 0 saturated carbocycles. The average Bonchev–Trinajstić information content (AvgIpc) is 2.65. The number of rotatable bonds is 8. The highest BCUT2D eigenvalue weighted by molar-refractivity contribution is 6.35. The number of carbonyl (C=O) groups excluding carboxylic acids is 1. The van der Waals surface area contributed by atoms with Crippen LogP contribution >= 0.6 is 23.2 Å². The van der Waals surface area contributed by atoms with E-state index in [1.165, 1.54) is 0 Å². The standard InChI is InChI=1S/C20H23Cl2NO4/c1-12(15-7-6-14(21)11-16(15)22)23-19(24)8-5-13-9-17(25-2)20(27-4)18(10-13)26-3/h6-7,9-12H,5,8H2,1-4H3,(H,23,24)/t12-/m1/s1. The SMILES string of the molecule is COc1cc(CCC(=O)N[C@H](C)c2ccc(Cl)cc2Cl)cc(OC)c1OC. The van der Waals surface area contributed by atoms with E-state index in [0.29, 0.717) is 40.1 Å². The second-order valence-electron chi connectivity index (χ2n) is 5.99. The second kappa shape index (κ2) is 9.72. The maximum Gasteiger partial charge on any atom is 0.220 e. The van der Waals surface area contributed by atoms with E-state index in [4.69, 9.17) is 37.4 Å². The molecule has 2 rings (SSSR count). The Kier molecular flexibility index (Phi) is 7.63. The first-order valence-corrected chi connectivity index (χ1v) is 9.18. The molecule has 1 N–H and O–H groups in total. The van der Waals surface area contributed by atoms with Gasteiger partial charge in [-0.05, 0) is 48.7 Å². The van der Waals surface area contributed by atoms with Gasteiger partial charge in [0.15, 0.2) is 11.5 Å². The van der Waals surface area contributed by atoms with Crippen molar-refractivity contribution in [3.63, 3.8) is 0 Å². The predicted molar refractivity (Wildman–Crippen MR) is 107 cm³/mol. The van der Waals surface area contributed by atoms with Gasteiger partial charge < -0.3 is 19.5 Å². The van der Waals surface area contributed by atoms with Gasteiger partial charge in [0, 0.05) is 16.5 Å². The fourth-order valence-electron chi connectivity index (χ4n) is 2.78. The molecule has 146 valence electrons. The lowest BCUT2D eigenvalue weighted by molar-refractivity contribution is -0.121. The highest BCUT2D eigenvalue weighted by Gasteiger charge is 2.16. The van der Waals surface area contributed by atoms with Gasteiger partial charge in [-0.15, -0.1) is 0 Å². The summed E-state index contributed by atoms with van der Waals surface area (Å²) < 4.78 is 16.0. The largest absolute Gasteiger partial charge is 0.493 e. The van der Waals surface area contributed by atoms with Crippen molar-refractivity contribution in [2.24, 2.45) is 0 Å². The predicted octanol–water partition coefficient (Wildman–Crippen LogP) is 4.83. The quantitative estimate of drug-likeness (QED) is 0.675. The van der Waals surface area contributed by atoms with Gasteiger partial charge in [0.25, 0.3) is 0 Å². The number of amides is 1. The molecule has 0 spiro atoms. The number of carbonyl (C=O) groups is 1. The van der Waals surface area contributed by atoms with Crippen LogP contribution in [-0.4, -0.2) is 27.2 Å². The molecule has 0 aliphatic heterocycles. The van der Waals surface area contributed by atoms with Crippen molar-refractivity contribution in [2.75, 3.05) is 21.3 Å². The van der Waals surface area contributed by atoms with Gasteiger partial charge in [0.05, 0.1) is 27.4 Å². The third kappa shape index (κ3) is 5.44. The minimum Gasteiger partial charge on any atom is -0.493 e. The lowest BCUT2D eigenvalue weighted by Gasteiger charge is -2.17. The maximum atomic E-state index is 12.3. The van der Waals surface area contributed by atoms with Crippen LogP contribution < -0.4 is 19.5 Å². The van der Waals surface area contributed by atoms with Gasteiger partial charge in [0.1, 0.15) is 0 Å². The van der Waals surface area contributed by atoms with E-state index in [2.05, 4.69) is 5.32 Å². The molecule has 0 unspecified atom stereocenters. The van der Waals surface area contributed by atoms with Crippen LogP contribution in [0.2, 0.25) is 10.0 Å². The van der Waals surface area contributed by atoms with Crippen molar-refractivity contribution < 1.29 is 19.0 Å². The molecule has 7 heteroatoms. The molecule has 0 aliphatic carbocycles. The Hall–Kier alpha value is -2.11. The lowest BCUT2D eigenvalue weighted by atomic mass is 10.1. The van der Waals surface area contributed by atoms with Gasteiger partial charge >= 0.3 is 0 Å². The summed E-state index contributed by atoms with van der Waals surface area (Å²) in [5.74, 6) is 1.57. The van der Waals surface area contributed by atoms with Crippen LogP contribution in [0.1, 0.15) is 30.5 Å². The zero-order valence-corrected chi connectivity index (χ0v) is 17.3. The van der Waals surface area contributed by atoms with E-state index < -0.39 is 0 Å². The highest BCUT2D eigenvalue weighted by Crippen LogP contribution is 2.38. The van der Waals surface area contributed by atoms with Crippen LogP contribution in [0.25, 0.3) is 0 Å². The number of aryl methyl sites for hydroxylation is 1. The van der Waals surface area contributed by atoms with Gasteiger partial charge in [-0.25, -0.2) is 0 Å². The molecule has 2 aromatic carbocycles. The molecule has 0 aromatic heterocycles. The Morgan fingerprint density at radius 2 is 1.67 bits per heavy atom. The summed E-state index contributed by atoms with van der Waals surface area (Å²) in [6.45, 7) is 1.88. The van der Waals surface area contributed by atoms with Crippen molar-refractivity contribution in [3.05, 3.63) is 51.5 Å². The van der Waals surface area contributed by atoms with Gasteiger partial charge in [-0.2, -0.15) is 0 Å². The van der Waals surface area contributed by atoms with E-state index in [1.807, 2.05) is 25.1 Å². The first-order chi connectivity index (χ1) is 12.9. The Morgan fingerprint density at radius 1 is 1.04 bits per heavy atom. The molecule has 2 aromatic rings. The van der Waals surface area contributed by atoms with Crippen LogP contribution in [0.15, 0.2) is 30.3 Å². The first-order valence-electron chi connectivity index (χ1n) is 8.42. The topological polar surface area (TPSA) is 56.8 Å². The maximum absolute atomic E-state index is 12.3. The van der Waals surface area contributed by atoms with Gasteiger partial charge in [-0.3, -0.25) is 4.79 Å². The lowest BCUT2D eigenvalue weighted by Crippen LogP contribution is -2.27. The molecule has 0 aliphatic rings. The molecule has 5 nitrogen and oxygen atoms in total. The summed E-state index contributed by atoms with van der Waals surface area (Å²) in [6, 6.07) is 8.69. The molecular weight excluding hydrogens is 389 g/mol. The molecular formula is C20H23Cl2NO4. The number of nitrogens with one attached hydrogen (secondary N) is 1. The third-order valence-corrected chi connectivity index (χ3v) is 4.73. The van der Waals surface area contributed by atoms with E-state index in [-0.39, 0.29) is 11.9 Å². The van der Waals surface area contributed by atoms with E-state index >= 15 is 0 Å². The molecule has 0 fully saturated rings. The molecule has 1 atom stereocenters. The smallest absolute Gasteiger partial charge is 0.220 e. The zero-order chi connectivity index (χ0) is 20.0. The minimum absolute atomic E-state index is 0.0812. The Morgan fingerprint density at radius 3 is 2.19 bits per heavy atom. The van der Waals surface area contributed by atoms with Crippen LogP contribution in [0, 0.1) is 0 Å². The molecule has 0 saturated heterocycles.